The molecule has 110 valence electrons. The molecule has 2 saturated heterocycles. The SMILES string of the molecule is N#Cc1ccnc(OC2CN(C(=O)N3CCOCC3)C2)c1. The van der Waals surface area contributed by atoms with Crippen molar-refractivity contribution >= 4 is 6.03 Å². The highest BCUT2D eigenvalue weighted by Crippen LogP contribution is 2.18. The molecule has 1 aromatic rings. The molecule has 0 spiro atoms. The summed E-state index contributed by atoms with van der Waals surface area (Å²) in [4.78, 5) is 19.8. The maximum Gasteiger partial charge on any atom is 0.320 e. The van der Waals surface area contributed by atoms with Crippen LogP contribution in [0, 0.1) is 11.3 Å². The van der Waals surface area contributed by atoms with Crippen molar-refractivity contribution < 1.29 is 14.3 Å². The Morgan fingerprint density at radius 3 is 2.86 bits per heavy atom. The topological polar surface area (TPSA) is 78.7 Å². The van der Waals surface area contributed by atoms with Crippen molar-refractivity contribution in [2.45, 2.75) is 6.10 Å². The third kappa shape index (κ3) is 3.06. The van der Waals surface area contributed by atoms with E-state index < -0.39 is 0 Å². The summed E-state index contributed by atoms with van der Waals surface area (Å²) in [6.45, 7) is 3.59. The van der Waals surface area contributed by atoms with E-state index in [0.717, 1.165) is 0 Å². The van der Waals surface area contributed by atoms with Gasteiger partial charge in [-0.25, -0.2) is 9.78 Å². The second kappa shape index (κ2) is 5.97. The number of carbonyl (C=O) groups is 1. The third-order valence-corrected chi connectivity index (χ3v) is 3.55. The van der Waals surface area contributed by atoms with Crippen molar-refractivity contribution in [3.63, 3.8) is 0 Å². The van der Waals surface area contributed by atoms with Gasteiger partial charge in [0.1, 0.15) is 6.10 Å². The van der Waals surface area contributed by atoms with Crippen LogP contribution in [0.5, 0.6) is 5.88 Å². The lowest BCUT2D eigenvalue weighted by atomic mass is 10.2. The molecular formula is C14H16N4O3. The van der Waals surface area contributed by atoms with Crippen molar-refractivity contribution in [1.82, 2.24) is 14.8 Å². The van der Waals surface area contributed by atoms with Crippen LogP contribution in [0.3, 0.4) is 0 Å². The Balaban J connectivity index is 1.49. The molecule has 0 bridgehead atoms. The van der Waals surface area contributed by atoms with E-state index in [9.17, 15) is 4.79 Å². The summed E-state index contributed by atoms with van der Waals surface area (Å²) in [6.07, 6.45) is 1.49. The number of nitriles is 1. The molecule has 2 fully saturated rings. The third-order valence-electron chi connectivity index (χ3n) is 3.55. The largest absolute Gasteiger partial charge is 0.471 e. The molecular weight excluding hydrogens is 272 g/mol. The van der Waals surface area contributed by atoms with Crippen LogP contribution in [0.4, 0.5) is 4.79 Å². The number of pyridine rings is 1. The summed E-state index contributed by atoms with van der Waals surface area (Å²) in [7, 11) is 0. The van der Waals surface area contributed by atoms with Gasteiger partial charge in [-0.05, 0) is 6.07 Å². The molecule has 2 amide bonds. The molecule has 2 aliphatic heterocycles. The fraction of sp³-hybridized carbons (Fsp3) is 0.500. The minimum Gasteiger partial charge on any atom is -0.471 e. The Kier molecular flexibility index (Phi) is 3.88. The summed E-state index contributed by atoms with van der Waals surface area (Å²) in [6, 6.07) is 5.31. The van der Waals surface area contributed by atoms with Crippen molar-refractivity contribution in [3.05, 3.63) is 23.9 Å². The molecule has 3 heterocycles. The second-order valence-corrected chi connectivity index (χ2v) is 5.02. The first-order valence-corrected chi connectivity index (χ1v) is 6.90. The van der Waals surface area contributed by atoms with Gasteiger partial charge in [-0.2, -0.15) is 5.26 Å². The van der Waals surface area contributed by atoms with Crippen LogP contribution in [-0.2, 0) is 4.74 Å². The average Bonchev–Trinajstić information content (AvgIpc) is 2.51. The highest BCUT2D eigenvalue weighted by Gasteiger charge is 2.35. The van der Waals surface area contributed by atoms with Crippen molar-refractivity contribution in [2.24, 2.45) is 0 Å². The maximum absolute atomic E-state index is 12.2. The van der Waals surface area contributed by atoms with Gasteiger partial charge in [-0.3, -0.25) is 0 Å². The summed E-state index contributed by atoms with van der Waals surface area (Å²) in [5.41, 5.74) is 0.514. The van der Waals surface area contributed by atoms with Crippen molar-refractivity contribution in [1.29, 1.82) is 5.26 Å². The van der Waals surface area contributed by atoms with Gasteiger partial charge in [0.25, 0.3) is 0 Å². The number of aromatic nitrogens is 1. The number of hydrogen-bond donors (Lipinski definition) is 0. The zero-order chi connectivity index (χ0) is 14.7. The first kappa shape index (κ1) is 13.6. The minimum absolute atomic E-state index is 0.0388. The number of nitrogens with zero attached hydrogens (tertiary/aromatic N) is 4. The van der Waals surface area contributed by atoms with E-state index in [1.807, 2.05) is 6.07 Å². The van der Waals surface area contributed by atoms with Gasteiger partial charge in [-0.1, -0.05) is 0 Å². The van der Waals surface area contributed by atoms with Gasteiger partial charge in [0, 0.05) is 25.4 Å². The van der Waals surface area contributed by atoms with Crippen LogP contribution < -0.4 is 4.74 Å². The van der Waals surface area contributed by atoms with E-state index >= 15 is 0 Å². The van der Waals surface area contributed by atoms with Crippen LogP contribution in [0.1, 0.15) is 5.56 Å². The minimum atomic E-state index is -0.0589. The molecule has 21 heavy (non-hydrogen) atoms. The molecule has 0 atom stereocenters. The lowest BCUT2D eigenvalue weighted by Gasteiger charge is -2.42. The summed E-state index contributed by atoms with van der Waals surface area (Å²) in [5.74, 6) is 0.428. The van der Waals surface area contributed by atoms with E-state index in [0.29, 0.717) is 50.8 Å². The Labute approximate surface area is 122 Å². The molecule has 7 heteroatoms. The Morgan fingerprint density at radius 1 is 1.38 bits per heavy atom. The number of morpholine rings is 1. The molecule has 0 radical (unpaired) electrons. The summed E-state index contributed by atoms with van der Waals surface area (Å²) >= 11 is 0. The molecule has 0 aliphatic carbocycles. The van der Waals surface area contributed by atoms with Crippen molar-refractivity contribution in [2.75, 3.05) is 39.4 Å². The molecule has 0 aromatic carbocycles. The monoisotopic (exact) mass is 288 g/mol. The van der Waals surface area contributed by atoms with Crippen LogP contribution in [-0.4, -0.2) is 66.3 Å². The van der Waals surface area contributed by atoms with Gasteiger partial charge >= 0.3 is 6.03 Å². The predicted octanol–water partition coefficient (Wildman–Crippen LogP) is 0.468. The average molecular weight is 288 g/mol. The number of ether oxygens (including phenoxy) is 2. The van der Waals surface area contributed by atoms with Gasteiger partial charge in [-0.15, -0.1) is 0 Å². The summed E-state index contributed by atoms with van der Waals surface area (Å²) < 4.78 is 10.9. The smallest absolute Gasteiger partial charge is 0.320 e. The Morgan fingerprint density at radius 2 is 2.14 bits per heavy atom. The first-order valence-electron chi connectivity index (χ1n) is 6.90. The first-order chi connectivity index (χ1) is 10.3. The van der Waals surface area contributed by atoms with E-state index in [4.69, 9.17) is 14.7 Å². The fourth-order valence-electron chi connectivity index (χ4n) is 2.34. The summed E-state index contributed by atoms with van der Waals surface area (Å²) in [5, 5.41) is 8.82. The van der Waals surface area contributed by atoms with Gasteiger partial charge < -0.3 is 19.3 Å². The zero-order valence-corrected chi connectivity index (χ0v) is 11.6. The zero-order valence-electron chi connectivity index (χ0n) is 11.6. The van der Waals surface area contributed by atoms with Gasteiger partial charge in [0.2, 0.25) is 5.88 Å². The molecule has 1 aromatic heterocycles. The van der Waals surface area contributed by atoms with Crippen molar-refractivity contribution in [3.8, 4) is 11.9 Å². The number of hydrogen-bond acceptors (Lipinski definition) is 5. The maximum atomic E-state index is 12.2. The van der Waals surface area contributed by atoms with Gasteiger partial charge in [0.15, 0.2) is 0 Å². The number of amides is 2. The predicted molar refractivity (Wildman–Crippen MR) is 72.7 cm³/mol. The van der Waals surface area contributed by atoms with E-state index in [1.54, 1.807) is 28.1 Å². The van der Waals surface area contributed by atoms with E-state index in [2.05, 4.69) is 4.98 Å². The lowest BCUT2D eigenvalue weighted by molar-refractivity contribution is 0.00590. The van der Waals surface area contributed by atoms with E-state index in [1.165, 1.54) is 0 Å². The van der Waals surface area contributed by atoms with Crippen LogP contribution >= 0.6 is 0 Å². The molecule has 3 rings (SSSR count). The number of carbonyl (C=O) groups excluding carboxylic acids is 1. The molecule has 0 unspecified atom stereocenters. The number of rotatable bonds is 2. The Bertz CT molecular complexity index is 560. The molecule has 0 saturated carbocycles. The lowest BCUT2D eigenvalue weighted by Crippen LogP contribution is -2.60. The number of urea groups is 1. The fourth-order valence-corrected chi connectivity index (χ4v) is 2.34. The second-order valence-electron chi connectivity index (χ2n) is 5.02. The Hall–Kier alpha value is -2.33. The molecule has 0 N–H and O–H groups in total. The van der Waals surface area contributed by atoms with Crippen LogP contribution in [0.2, 0.25) is 0 Å². The standard InChI is InChI=1S/C14H16N4O3/c15-8-11-1-2-16-13(7-11)21-12-9-18(10-12)14(19)17-3-5-20-6-4-17/h1-2,7,12H,3-6,9-10H2. The van der Waals surface area contributed by atoms with E-state index in [-0.39, 0.29) is 12.1 Å². The molecule has 2 aliphatic rings. The highest BCUT2D eigenvalue weighted by molar-refractivity contribution is 5.75. The van der Waals surface area contributed by atoms with Crippen LogP contribution in [0.25, 0.3) is 0 Å². The highest BCUT2D eigenvalue weighted by atomic mass is 16.5. The molecule has 7 nitrogen and oxygen atoms in total. The quantitative estimate of drug-likeness (QED) is 0.790. The van der Waals surface area contributed by atoms with Gasteiger partial charge in [0.05, 0.1) is 37.9 Å². The normalized spacial score (nSPS) is 18.8. The van der Waals surface area contributed by atoms with Crippen LogP contribution in [0.15, 0.2) is 18.3 Å². The number of likely N-dealkylation sites (tertiary alicyclic amines) is 1.